The minimum atomic E-state index is -1.81. The Labute approximate surface area is 94.8 Å². The van der Waals surface area contributed by atoms with Crippen LogP contribution in [0.15, 0.2) is 12.1 Å². The Morgan fingerprint density at radius 2 is 2.25 bits per heavy atom. The third-order valence-corrected chi connectivity index (χ3v) is 3.32. The van der Waals surface area contributed by atoms with E-state index in [1.165, 1.54) is 6.07 Å². The fourth-order valence-electron chi connectivity index (χ4n) is 2.15. The first-order valence-corrected chi connectivity index (χ1v) is 6.06. The maximum absolute atomic E-state index is 13.7. The van der Waals surface area contributed by atoms with Gasteiger partial charge in [-0.15, -0.1) is 0 Å². The van der Waals surface area contributed by atoms with Crippen molar-refractivity contribution in [2.75, 3.05) is 0 Å². The molecule has 1 unspecified atom stereocenters. The van der Waals surface area contributed by atoms with E-state index in [2.05, 4.69) is 4.72 Å². The van der Waals surface area contributed by atoms with E-state index < -0.39 is 29.2 Å². The molecule has 0 heterocycles. The van der Waals surface area contributed by atoms with Gasteiger partial charge in [-0.3, -0.25) is 0 Å². The zero-order valence-electron chi connectivity index (χ0n) is 8.67. The Bertz CT molecular complexity index is 453. The van der Waals surface area contributed by atoms with E-state index in [0.29, 0.717) is 11.1 Å². The Kier molecular flexibility index (Phi) is 3.05. The molecule has 0 fully saturated rings. The minimum Gasteiger partial charge on any atom is -0.245 e. The normalized spacial score (nSPS) is 25.5. The predicted molar refractivity (Wildman–Crippen MR) is 57.9 cm³/mol. The van der Waals surface area contributed by atoms with Crippen molar-refractivity contribution in [3.63, 3.8) is 0 Å². The number of benzene rings is 1. The van der Waals surface area contributed by atoms with Crippen LogP contribution in [0, 0.1) is 12.7 Å². The van der Waals surface area contributed by atoms with Gasteiger partial charge in [0.05, 0.1) is 6.04 Å². The van der Waals surface area contributed by atoms with Gasteiger partial charge in [-0.1, -0.05) is 6.07 Å². The van der Waals surface area contributed by atoms with Crippen LogP contribution < -0.4 is 9.86 Å². The lowest BCUT2D eigenvalue weighted by Gasteiger charge is -2.15. The molecule has 0 saturated carbocycles. The second-order valence-corrected chi connectivity index (χ2v) is 4.70. The smallest absolute Gasteiger partial charge is 0.165 e. The summed E-state index contributed by atoms with van der Waals surface area (Å²) in [5.74, 6) is -0.421. The minimum absolute atomic E-state index is 0.00227. The van der Waals surface area contributed by atoms with Gasteiger partial charge in [0, 0.05) is 6.42 Å². The third kappa shape index (κ3) is 1.88. The number of halogens is 2. The lowest BCUT2D eigenvalue weighted by Crippen LogP contribution is -2.32. The lowest BCUT2D eigenvalue weighted by molar-refractivity contribution is 0.291. The van der Waals surface area contributed by atoms with Crippen LogP contribution in [-0.2, 0) is 17.6 Å². The molecule has 16 heavy (non-hydrogen) atoms. The summed E-state index contributed by atoms with van der Waals surface area (Å²) in [5, 5.41) is 5.08. The highest BCUT2D eigenvalue weighted by Gasteiger charge is 2.36. The summed E-state index contributed by atoms with van der Waals surface area (Å²) in [5.41, 5.74) is 1.68. The molecule has 1 aliphatic rings. The first-order chi connectivity index (χ1) is 7.50. The van der Waals surface area contributed by atoms with E-state index >= 15 is 0 Å². The summed E-state index contributed by atoms with van der Waals surface area (Å²) in [6, 6.07) is 2.12. The maximum atomic E-state index is 13.7. The zero-order valence-corrected chi connectivity index (χ0v) is 9.48. The molecule has 6 heteroatoms. The molecule has 0 saturated heterocycles. The fraction of sp³-hybridized carbons (Fsp3) is 0.400. The van der Waals surface area contributed by atoms with E-state index in [1.807, 2.05) is 0 Å². The molecule has 1 aromatic carbocycles. The molecule has 0 aromatic heterocycles. The van der Waals surface area contributed by atoms with Gasteiger partial charge in [0.15, 0.2) is 11.2 Å². The van der Waals surface area contributed by atoms with Gasteiger partial charge in [-0.05, 0) is 29.7 Å². The van der Waals surface area contributed by atoms with Crippen LogP contribution >= 0.6 is 0 Å². The van der Waals surface area contributed by atoms with E-state index in [0.717, 1.165) is 5.56 Å². The monoisotopic (exact) mass is 246 g/mol. The number of hydrogen-bond acceptors (Lipinski definition) is 1. The number of alkyl halides is 1. The van der Waals surface area contributed by atoms with Gasteiger partial charge >= 0.3 is 0 Å². The Hall–Kier alpha value is -0.850. The molecular weight excluding hydrogens is 234 g/mol. The standard InChI is InChI=1S/C10H12F2N2OS/c1-5-2-3-7(11)6-4-8(12)10(9(5)6)14-16(13)15/h2-3,8,10,14H,4,13H2,1H3/t8-,10+,16?/m1/s1. The van der Waals surface area contributed by atoms with Gasteiger partial charge in [0.25, 0.3) is 0 Å². The Morgan fingerprint density at radius 1 is 1.56 bits per heavy atom. The molecular formula is C10H12F2N2OS. The molecule has 2 rings (SSSR count). The van der Waals surface area contributed by atoms with Crippen LogP contribution in [0.2, 0.25) is 0 Å². The van der Waals surface area contributed by atoms with Crippen molar-refractivity contribution >= 4 is 11.2 Å². The van der Waals surface area contributed by atoms with Crippen LogP contribution in [0.4, 0.5) is 8.78 Å². The molecule has 3 nitrogen and oxygen atoms in total. The first-order valence-electron chi connectivity index (χ1n) is 4.85. The average Bonchev–Trinajstić information content (AvgIpc) is 2.51. The van der Waals surface area contributed by atoms with Crippen LogP contribution in [-0.4, -0.2) is 10.4 Å². The SMILES string of the molecule is Cc1ccc(F)c2c1[C@@H](NS(N)=O)[C@H](F)C2. The van der Waals surface area contributed by atoms with Crippen molar-refractivity contribution in [2.45, 2.75) is 25.6 Å². The Morgan fingerprint density at radius 3 is 2.88 bits per heavy atom. The molecule has 3 N–H and O–H groups in total. The zero-order chi connectivity index (χ0) is 11.9. The van der Waals surface area contributed by atoms with Gasteiger partial charge in [0.2, 0.25) is 0 Å². The van der Waals surface area contributed by atoms with Crippen molar-refractivity contribution in [2.24, 2.45) is 5.14 Å². The summed E-state index contributed by atoms with van der Waals surface area (Å²) >= 11 is -1.81. The van der Waals surface area contributed by atoms with Gasteiger partial charge in [0.1, 0.15) is 12.0 Å². The van der Waals surface area contributed by atoms with E-state index in [9.17, 15) is 13.0 Å². The van der Waals surface area contributed by atoms with Gasteiger partial charge in [-0.2, -0.15) is 0 Å². The highest BCUT2D eigenvalue weighted by atomic mass is 32.2. The molecule has 0 amide bonds. The van der Waals surface area contributed by atoms with Gasteiger partial charge in [-0.25, -0.2) is 22.9 Å². The summed E-state index contributed by atoms with van der Waals surface area (Å²) < 4.78 is 40.4. The molecule has 0 spiro atoms. The largest absolute Gasteiger partial charge is 0.245 e. The molecule has 3 atom stereocenters. The molecule has 0 bridgehead atoms. The highest BCUT2D eigenvalue weighted by molar-refractivity contribution is 7.80. The van der Waals surface area contributed by atoms with Crippen LogP contribution in [0.3, 0.4) is 0 Å². The quantitative estimate of drug-likeness (QED) is 0.809. The van der Waals surface area contributed by atoms with Crippen molar-refractivity contribution in [3.05, 3.63) is 34.6 Å². The molecule has 0 radical (unpaired) electrons. The molecule has 88 valence electrons. The van der Waals surface area contributed by atoms with Crippen molar-refractivity contribution in [1.82, 2.24) is 4.72 Å². The average molecular weight is 246 g/mol. The van der Waals surface area contributed by atoms with Gasteiger partial charge < -0.3 is 0 Å². The van der Waals surface area contributed by atoms with E-state index in [1.54, 1.807) is 13.0 Å². The van der Waals surface area contributed by atoms with Crippen molar-refractivity contribution in [1.29, 1.82) is 0 Å². The summed E-state index contributed by atoms with van der Waals surface area (Å²) in [6.07, 6.45) is -1.30. The van der Waals surface area contributed by atoms with Crippen LogP contribution in [0.5, 0.6) is 0 Å². The molecule has 0 aliphatic heterocycles. The van der Waals surface area contributed by atoms with Crippen molar-refractivity contribution in [3.8, 4) is 0 Å². The molecule has 1 aromatic rings. The predicted octanol–water partition coefficient (Wildman–Crippen LogP) is 1.20. The highest BCUT2D eigenvalue weighted by Crippen LogP contribution is 2.37. The first kappa shape index (κ1) is 11.6. The number of nitrogens with two attached hydrogens (primary N) is 1. The Balaban J connectivity index is 2.47. The fourth-order valence-corrected chi connectivity index (χ4v) is 2.66. The molecule has 1 aliphatic carbocycles. The lowest BCUT2D eigenvalue weighted by atomic mass is 10.0. The maximum Gasteiger partial charge on any atom is 0.165 e. The number of aryl methyl sites for hydroxylation is 1. The van der Waals surface area contributed by atoms with Crippen LogP contribution in [0.1, 0.15) is 22.7 Å². The number of hydrogen-bond donors (Lipinski definition) is 2. The number of nitrogens with one attached hydrogen (secondary N) is 1. The summed E-state index contributed by atoms with van der Waals surface area (Å²) in [7, 11) is 0. The second-order valence-electron chi connectivity index (χ2n) is 3.87. The number of rotatable bonds is 2. The number of fused-ring (bicyclic) bond motifs is 1. The summed E-state index contributed by atoms with van der Waals surface area (Å²) in [4.78, 5) is 0. The van der Waals surface area contributed by atoms with Crippen molar-refractivity contribution < 1.29 is 13.0 Å². The van der Waals surface area contributed by atoms with E-state index in [4.69, 9.17) is 5.14 Å². The van der Waals surface area contributed by atoms with Crippen LogP contribution in [0.25, 0.3) is 0 Å². The second kappa shape index (κ2) is 4.20. The third-order valence-electron chi connectivity index (χ3n) is 2.83. The van der Waals surface area contributed by atoms with E-state index in [-0.39, 0.29) is 6.42 Å². The summed E-state index contributed by atoms with van der Waals surface area (Å²) in [6.45, 7) is 1.77. The topological polar surface area (TPSA) is 55.1 Å².